The molecule has 2 heterocycles. The molecule has 2 aromatic rings. The van der Waals surface area contributed by atoms with Gasteiger partial charge in [0.2, 0.25) is 16.0 Å². The van der Waals surface area contributed by atoms with E-state index in [2.05, 4.69) is 27.7 Å². The van der Waals surface area contributed by atoms with Gasteiger partial charge in [-0.05, 0) is 29.0 Å². The van der Waals surface area contributed by atoms with Gasteiger partial charge in [-0.15, -0.1) is 11.8 Å². The lowest BCUT2D eigenvalue weighted by Gasteiger charge is -2.16. The topological polar surface area (TPSA) is 107 Å². The zero-order valence-corrected chi connectivity index (χ0v) is 14.1. The molecule has 1 fully saturated rings. The number of benzene rings is 1. The lowest BCUT2D eigenvalue weighted by atomic mass is 10.4. The number of thioether (sulfide) groups is 1. The van der Waals surface area contributed by atoms with Crippen molar-refractivity contribution in [1.29, 1.82) is 0 Å². The highest BCUT2D eigenvalue weighted by molar-refractivity contribution is 7.99. The van der Waals surface area contributed by atoms with Crippen molar-refractivity contribution in [2.75, 3.05) is 23.7 Å². The first-order valence-corrected chi connectivity index (χ1v) is 9.84. The minimum atomic E-state index is -3.52. The van der Waals surface area contributed by atoms with Crippen molar-refractivity contribution >= 4 is 27.7 Å². The Balaban J connectivity index is 1.60. The van der Waals surface area contributed by atoms with Gasteiger partial charge in [0.05, 0.1) is 11.8 Å². The number of tetrazole rings is 1. The lowest BCUT2D eigenvalue weighted by Crippen LogP contribution is -2.32. The molecule has 1 aromatic carbocycles. The van der Waals surface area contributed by atoms with Crippen molar-refractivity contribution in [3.63, 3.8) is 0 Å². The monoisotopic (exact) mass is 354 g/mol. The van der Waals surface area contributed by atoms with Crippen molar-refractivity contribution in [2.24, 2.45) is 5.14 Å². The number of rotatable bonds is 6. The molecule has 0 bridgehead atoms. The quantitative estimate of drug-likeness (QED) is 0.745. The molecule has 1 aliphatic heterocycles. The number of anilines is 1. The van der Waals surface area contributed by atoms with Gasteiger partial charge in [-0.2, -0.15) is 0 Å². The average molecular weight is 354 g/mol. The Morgan fingerprint density at radius 1 is 1.30 bits per heavy atom. The van der Waals surface area contributed by atoms with E-state index in [4.69, 9.17) is 5.14 Å². The normalized spacial score (nSPS) is 18.5. The van der Waals surface area contributed by atoms with Crippen molar-refractivity contribution < 1.29 is 8.42 Å². The molecule has 1 aliphatic rings. The second-order valence-corrected chi connectivity index (χ2v) is 8.32. The van der Waals surface area contributed by atoms with Gasteiger partial charge in [-0.25, -0.2) is 18.2 Å². The van der Waals surface area contributed by atoms with Crippen LogP contribution in [0.5, 0.6) is 0 Å². The van der Waals surface area contributed by atoms with Gasteiger partial charge in [0.15, 0.2) is 0 Å². The summed E-state index contributed by atoms with van der Waals surface area (Å²) in [5, 5.41) is 16.4. The first-order chi connectivity index (χ1) is 11.0. The molecule has 1 atom stereocenters. The summed E-state index contributed by atoms with van der Waals surface area (Å²) in [7, 11) is -3.52. The highest BCUT2D eigenvalue weighted by Crippen LogP contribution is 2.22. The number of nitrogens with zero attached hydrogens (tertiary/aromatic N) is 5. The number of aromatic nitrogens is 4. The number of aryl methyl sites for hydroxylation is 1. The largest absolute Gasteiger partial charge is 0.338 e. The summed E-state index contributed by atoms with van der Waals surface area (Å²) < 4.78 is 24.6. The molecule has 0 radical (unpaired) electrons. The maximum absolute atomic E-state index is 11.5. The van der Waals surface area contributed by atoms with Crippen LogP contribution in [0.4, 0.5) is 5.95 Å². The fourth-order valence-electron chi connectivity index (χ4n) is 2.52. The molecule has 0 aliphatic carbocycles. The predicted octanol–water partition coefficient (Wildman–Crippen LogP) is 0.333. The van der Waals surface area contributed by atoms with E-state index in [1.807, 2.05) is 23.1 Å². The summed E-state index contributed by atoms with van der Waals surface area (Å²) in [6.45, 7) is 1.58. The zero-order valence-electron chi connectivity index (χ0n) is 12.4. The van der Waals surface area contributed by atoms with E-state index in [-0.39, 0.29) is 0 Å². The Kier molecular flexibility index (Phi) is 4.83. The summed E-state index contributed by atoms with van der Waals surface area (Å²) in [5.74, 6) is 1.43. The maximum atomic E-state index is 11.5. The van der Waals surface area contributed by atoms with E-state index >= 15 is 0 Å². The molecule has 1 unspecified atom stereocenters. The Labute approximate surface area is 139 Å². The Hall–Kier alpha value is -1.65. The highest BCUT2D eigenvalue weighted by Gasteiger charge is 2.33. The second kappa shape index (κ2) is 6.85. The van der Waals surface area contributed by atoms with E-state index < -0.39 is 15.3 Å². The van der Waals surface area contributed by atoms with Crippen LogP contribution in [0.3, 0.4) is 0 Å². The van der Waals surface area contributed by atoms with Gasteiger partial charge in [-0.3, -0.25) is 0 Å². The van der Waals surface area contributed by atoms with E-state index in [1.54, 1.807) is 16.4 Å². The van der Waals surface area contributed by atoms with Gasteiger partial charge in [0.1, 0.15) is 0 Å². The number of sulfonamides is 1. The molecule has 2 N–H and O–H groups in total. The molecule has 0 spiro atoms. The van der Waals surface area contributed by atoms with Crippen LogP contribution in [0, 0.1) is 0 Å². The minimum absolute atomic E-state index is 0.338. The van der Waals surface area contributed by atoms with Crippen LogP contribution < -0.4 is 10.0 Å². The summed E-state index contributed by atoms with van der Waals surface area (Å²) >= 11 is 1.72. The first-order valence-electron chi connectivity index (χ1n) is 7.24. The zero-order chi connectivity index (χ0) is 16.3. The van der Waals surface area contributed by atoms with Crippen LogP contribution in [-0.4, -0.2) is 52.7 Å². The van der Waals surface area contributed by atoms with Crippen molar-refractivity contribution in [1.82, 2.24) is 20.2 Å². The smallest absolute Gasteiger partial charge is 0.245 e. The summed E-state index contributed by atoms with van der Waals surface area (Å²) in [4.78, 5) is 3.07. The third kappa shape index (κ3) is 4.01. The van der Waals surface area contributed by atoms with Crippen molar-refractivity contribution in [3.8, 4) is 0 Å². The van der Waals surface area contributed by atoms with Crippen LogP contribution in [-0.2, 0) is 16.6 Å². The molecule has 1 aromatic heterocycles. The third-order valence-electron chi connectivity index (χ3n) is 3.72. The van der Waals surface area contributed by atoms with E-state index in [0.717, 1.165) is 5.75 Å². The minimum Gasteiger partial charge on any atom is -0.338 e. The summed E-state index contributed by atoms with van der Waals surface area (Å²) in [6.07, 6.45) is 0.504. The van der Waals surface area contributed by atoms with Crippen molar-refractivity contribution in [2.45, 2.75) is 23.1 Å². The Morgan fingerprint density at radius 3 is 2.78 bits per heavy atom. The number of hydrogen-bond donors (Lipinski definition) is 1. The van der Waals surface area contributed by atoms with Gasteiger partial charge < -0.3 is 4.90 Å². The second-order valence-electron chi connectivity index (χ2n) is 5.31. The van der Waals surface area contributed by atoms with Crippen LogP contribution in [0.25, 0.3) is 0 Å². The van der Waals surface area contributed by atoms with Crippen LogP contribution in [0.1, 0.15) is 6.42 Å². The Bertz CT molecular complexity index is 749. The molecular weight excluding hydrogens is 336 g/mol. The number of primary sulfonamides is 1. The fourth-order valence-corrected chi connectivity index (χ4v) is 4.19. The van der Waals surface area contributed by atoms with E-state index in [9.17, 15) is 8.42 Å². The standard InChI is InChI=1S/C13H18N6O2S2/c14-23(20,21)12-6-7-18(10-12)13-15-16-17-19(13)8-9-22-11-4-2-1-3-5-11/h1-5,12H,6-10H2,(H2,14,20,21). The lowest BCUT2D eigenvalue weighted by molar-refractivity contribution is 0.584. The molecule has 124 valence electrons. The predicted molar refractivity (Wildman–Crippen MR) is 88.7 cm³/mol. The van der Waals surface area contributed by atoms with Crippen LogP contribution >= 0.6 is 11.8 Å². The molecule has 0 amide bonds. The molecule has 10 heteroatoms. The van der Waals surface area contributed by atoms with E-state index in [0.29, 0.717) is 32.0 Å². The molecule has 8 nitrogen and oxygen atoms in total. The van der Waals surface area contributed by atoms with Gasteiger partial charge in [0.25, 0.3) is 0 Å². The van der Waals surface area contributed by atoms with Crippen LogP contribution in [0.2, 0.25) is 0 Å². The van der Waals surface area contributed by atoms with E-state index in [1.165, 1.54) is 4.90 Å². The Morgan fingerprint density at radius 2 is 2.09 bits per heavy atom. The fraction of sp³-hybridized carbons (Fsp3) is 0.462. The highest BCUT2D eigenvalue weighted by atomic mass is 32.2. The maximum Gasteiger partial charge on any atom is 0.245 e. The molecule has 1 saturated heterocycles. The third-order valence-corrected chi connectivity index (χ3v) is 6.03. The molecule has 0 saturated carbocycles. The summed E-state index contributed by atoms with van der Waals surface area (Å²) in [6, 6.07) is 10.1. The van der Waals surface area contributed by atoms with Crippen LogP contribution in [0.15, 0.2) is 35.2 Å². The number of hydrogen-bond acceptors (Lipinski definition) is 7. The van der Waals surface area contributed by atoms with Crippen molar-refractivity contribution in [3.05, 3.63) is 30.3 Å². The molecule has 3 rings (SSSR count). The SMILES string of the molecule is NS(=O)(=O)C1CCN(c2nnnn2CCSc2ccccc2)C1. The van der Waals surface area contributed by atoms with Gasteiger partial charge in [-0.1, -0.05) is 23.3 Å². The molecular formula is C13H18N6O2S2. The summed E-state index contributed by atoms with van der Waals surface area (Å²) in [5.41, 5.74) is 0. The molecule has 23 heavy (non-hydrogen) atoms. The number of nitrogens with two attached hydrogens (primary N) is 1. The van der Waals surface area contributed by atoms with Gasteiger partial charge >= 0.3 is 0 Å². The average Bonchev–Trinajstić information content (AvgIpc) is 3.16. The first kappa shape index (κ1) is 16.2. The van der Waals surface area contributed by atoms with Gasteiger partial charge in [0, 0.05) is 23.7 Å².